The summed E-state index contributed by atoms with van der Waals surface area (Å²) < 4.78 is 5.66. The minimum Gasteiger partial charge on any atom is -0.491 e. The third-order valence-electron chi connectivity index (χ3n) is 8.71. The topological polar surface area (TPSA) is 29.5 Å². The molecule has 7 aromatic carbocycles. The molecule has 0 fully saturated rings. The Kier molecular flexibility index (Phi) is 6.28. The molecule has 0 aromatic heterocycles. The van der Waals surface area contributed by atoms with Crippen molar-refractivity contribution in [3.05, 3.63) is 151 Å². The average molecular weight is 555 g/mol. The van der Waals surface area contributed by atoms with Crippen LogP contribution in [-0.4, -0.2) is 18.3 Å². The molecule has 2 heteroatoms. The second kappa shape index (κ2) is 10.6. The fourth-order valence-corrected chi connectivity index (χ4v) is 6.51. The van der Waals surface area contributed by atoms with Crippen molar-refractivity contribution >= 4 is 21.5 Å². The number of hydrogen-bond donors (Lipinski definition) is 1. The lowest BCUT2D eigenvalue weighted by Crippen LogP contribution is -2.01. The fraction of sp³-hybridized carbons (Fsp3) is 0.0732. The second-order valence-corrected chi connectivity index (χ2v) is 11.3. The SMILES string of the molecule is OCCOc1ccc(-c2cc(-c3ccc4ccccc4c3)cc3c2Cc2ccc(-c4ccc5ccccc5c4)cc2-3)cc1. The molecule has 1 N–H and O–H groups in total. The lowest BCUT2D eigenvalue weighted by atomic mass is 9.90. The van der Waals surface area contributed by atoms with Crippen LogP contribution < -0.4 is 4.74 Å². The van der Waals surface area contributed by atoms with Crippen LogP contribution in [0.2, 0.25) is 0 Å². The predicted molar refractivity (Wildman–Crippen MR) is 179 cm³/mol. The van der Waals surface area contributed by atoms with E-state index in [0.29, 0.717) is 6.61 Å². The standard InChI is InChI=1S/C41H30O2/c42-19-20-43-37-17-15-29(16-18-37)38-25-36(33-12-10-28-6-2-4-8-31(28)22-33)26-41-39-23-34(13-14-35(39)24-40(38)41)32-11-9-27-5-1-3-7-30(27)21-32/h1-18,21-23,25-26,42H,19-20,24H2. The molecule has 0 saturated carbocycles. The molecule has 43 heavy (non-hydrogen) atoms. The molecule has 0 amide bonds. The Hall–Kier alpha value is -5.18. The summed E-state index contributed by atoms with van der Waals surface area (Å²) in [6.07, 6.45) is 0.902. The highest BCUT2D eigenvalue weighted by molar-refractivity contribution is 5.94. The molecule has 2 nitrogen and oxygen atoms in total. The smallest absolute Gasteiger partial charge is 0.119 e. The Labute approximate surface area is 251 Å². The third kappa shape index (κ3) is 4.67. The Morgan fingerprint density at radius 3 is 1.67 bits per heavy atom. The van der Waals surface area contributed by atoms with Crippen LogP contribution in [0.1, 0.15) is 11.1 Å². The maximum absolute atomic E-state index is 9.17. The van der Waals surface area contributed by atoms with Gasteiger partial charge in [-0.15, -0.1) is 0 Å². The first-order valence-corrected chi connectivity index (χ1v) is 14.9. The predicted octanol–water partition coefficient (Wildman–Crippen LogP) is 9.94. The van der Waals surface area contributed by atoms with Gasteiger partial charge in [0.05, 0.1) is 6.61 Å². The van der Waals surface area contributed by atoms with E-state index in [0.717, 1.165) is 17.7 Å². The zero-order chi connectivity index (χ0) is 28.8. The van der Waals surface area contributed by atoms with Crippen LogP contribution in [0.15, 0.2) is 140 Å². The van der Waals surface area contributed by atoms with Gasteiger partial charge in [0.2, 0.25) is 0 Å². The summed E-state index contributed by atoms with van der Waals surface area (Å²) in [4.78, 5) is 0. The summed E-state index contributed by atoms with van der Waals surface area (Å²) in [6, 6.07) is 50.6. The zero-order valence-electron chi connectivity index (χ0n) is 23.8. The molecule has 1 aliphatic rings. The lowest BCUT2D eigenvalue weighted by molar-refractivity contribution is 0.201. The van der Waals surface area contributed by atoms with Crippen molar-refractivity contribution in [2.45, 2.75) is 6.42 Å². The van der Waals surface area contributed by atoms with Crippen molar-refractivity contribution in [3.63, 3.8) is 0 Å². The van der Waals surface area contributed by atoms with Gasteiger partial charge in [0.25, 0.3) is 0 Å². The van der Waals surface area contributed by atoms with Crippen LogP contribution in [0.4, 0.5) is 0 Å². The molecule has 0 atom stereocenters. The number of aliphatic hydroxyl groups is 1. The van der Waals surface area contributed by atoms with Crippen molar-refractivity contribution < 1.29 is 9.84 Å². The minimum absolute atomic E-state index is 0.00249. The van der Waals surface area contributed by atoms with Crippen molar-refractivity contribution in [2.24, 2.45) is 0 Å². The van der Waals surface area contributed by atoms with E-state index in [9.17, 15) is 5.11 Å². The van der Waals surface area contributed by atoms with Crippen LogP contribution in [-0.2, 0) is 6.42 Å². The van der Waals surface area contributed by atoms with Crippen LogP contribution in [0.25, 0.3) is 66.1 Å². The largest absolute Gasteiger partial charge is 0.491 e. The summed E-state index contributed by atoms with van der Waals surface area (Å²) in [6.45, 7) is 0.295. The van der Waals surface area contributed by atoms with Gasteiger partial charge in [-0.2, -0.15) is 0 Å². The molecule has 0 radical (unpaired) electrons. The summed E-state index contributed by atoms with van der Waals surface area (Å²) >= 11 is 0. The molecule has 0 bridgehead atoms. The summed E-state index contributed by atoms with van der Waals surface area (Å²) in [5, 5.41) is 14.2. The zero-order valence-corrected chi connectivity index (χ0v) is 23.8. The van der Waals surface area contributed by atoms with Crippen molar-refractivity contribution in [1.82, 2.24) is 0 Å². The van der Waals surface area contributed by atoms with E-state index in [-0.39, 0.29) is 6.61 Å². The van der Waals surface area contributed by atoms with E-state index in [1.54, 1.807) is 0 Å². The monoisotopic (exact) mass is 554 g/mol. The van der Waals surface area contributed by atoms with Gasteiger partial charge >= 0.3 is 0 Å². The molecule has 7 aromatic rings. The normalized spacial score (nSPS) is 11.9. The Bertz CT molecular complexity index is 2140. The minimum atomic E-state index is 0.00249. The van der Waals surface area contributed by atoms with E-state index in [1.165, 1.54) is 71.6 Å². The number of hydrogen-bond acceptors (Lipinski definition) is 2. The maximum Gasteiger partial charge on any atom is 0.119 e. The molecular weight excluding hydrogens is 524 g/mol. The van der Waals surface area contributed by atoms with Crippen LogP contribution in [0.3, 0.4) is 0 Å². The van der Waals surface area contributed by atoms with Crippen LogP contribution in [0.5, 0.6) is 5.75 Å². The highest BCUT2D eigenvalue weighted by Gasteiger charge is 2.24. The summed E-state index contributed by atoms with van der Waals surface area (Å²) in [5.74, 6) is 0.767. The van der Waals surface area contributed by atoms with Crippen molar-refractivity contribution in [2.75, 3.05) is 13.2 Å². The van der Waals surface area contributed by atoms with Gasteiger partial charge in [-0.1, -0.05) is 97.1 Å². The third-order valence-corrected chi connectivity index (χ3v) is 8.71. The summed E-state index contributed by atoms with van der Waals surface area (Å²) in [7, 11) is 0. The molecule has 0 spiro atoms. The Morgan fingerprint density at radius 1 is 0.465 bits per heavy atom. The highest BCUT2D eigenvalue weighted by Crippen LogP contribution is 2.46. The first-order valence-electron chi connectivity index (χ1n) is 14.9. The van der Waals surface area contributed by atoms with Crippen LogP contribution >= 0.6 is 0 Å². The number of benzene rings is 7. The first kappa shape index (κ1) is 25.5. The van der Waals surface area contributed by atoms with E-state index >= 15 is 0 Å². The molecular formula is C41H30O2. The highest BCUT2D eigenvalue weighted by atomic mass is 16.5. The van der Waals surface area contributed by atoms with E-state index in [1.807, 2.05) is 12.1 Å². The first-order chi connectivity index (χ1) is 21.2. The number of aliphatic hydroxyl groups excluding tert-OH is 1. The maximum atomic E-state index is 9.17. The Balaban J connectivity index is 1.28. The average Bonchev–Trinajstić information content (AvgIpc) is 3.44. The molecule has 206 valence electrons. The second-order valence-electron chi connectivity index (χ2n) is 11.3. The molecule has 0 unspecified atom stereocenters. The fourth-order valence-electron chi connectivity index (χ4n) is 6.51. The van der Waals surface area contributed by atoms with Gasteiger partial charge in [0.15, 0.2) is 0 Å². The molecule has 1 aliphatic carbocycles. The quantitative estimate of drug-likeness (QED) is 0.222. The Morgan fingerprint density at radius 2 is 1.00 bits per heavy atom. The van der Waals surface area contributed by atoms with E-state index in [2.05, 4.69) is 127 Å². The molecule has 0 aliphatic heterocycles. The van der Waals surface area contributed by atoms with E-state index in [4.69, 9.17) is 4.74 Å². The molecule has 0 heterocycles. The van der Waals surface area contributed by atoms with Gasteiger partial charge in [-0.3, -0.25) is 0 Å². The van der Waals surface area contributed by atoms with Gasteiger partial charge in [0, 0.05) is 0 Å². The van der Waals surface area contributed by atoms with Gasteiger partial charge in [-0.25, -0.2) is 0 Å². The lowest BCUT2D eigenvalue weighted by Gasteiger charge is -2.15. The van der Waals surface area contributed by atoms with Crippen LogP contribution in [0, 0.1) is 0 Å². The number of fused-ring (bicyclic) bond motifs is 5. The number of rotatable bonds is 6. The van der Waals surface area contributed by atoms with Gasteiger partial charge in [0.1, 0.15) is 12.4 Å². The summed E-state index contributed by atoms with van der Waals surface area (Å²) in [5.41, 5.74) is 12.6. The van der Waals surface area contributed by atoms with Gasteiger partial charge < -0.3 is 9.84 Å². The molecule has 0 saturated heterocycles. The van der Waals surface area contributed by atoms with E-state index < -0.39 is 0 Å². The molecule has 8 rings (SSSR count). The number of ether oxygens (including phenoxy) is 1. The van der Waals surface area contributed by atoms with Gasteiger partial charge in [-0.05, 0) is 126 Å². The van der Waals surface area contributed by atoms with Crippen molar-refractivity contribution in [1.29, 1.82) is 0 Å². The van der Waals surface area contributed by atoms with Crippen molar-refractivity contribution in [3.8, 4) is 50.3 Å².